The Morgan fingerprint density at radius 1 is 1.38 bits per heavy atom. The Morgan fingerprint density at radius 3 is 2.76 bits per heavy atom. The van der Waals surface area contributed by atoms with E-state index in [-0.39, 0.29) is 10.9 Å². The van der Waals surface area contributed by atoms with Crippen LogP contribution in [0, 0.1) is 0 Å². The van der Waals surface area contributed by atoms with Crippen LogP contribution in [0.25, 0.3) is 0 Å². The molecular weight excluding hydrogens is 286 g/mol. The molecule has 3 N–H and O–H groups in total. The van der Waals surface area contributed by atoms with Gasteiger partial charge in [-0.1, -0.05) is 19.4 Å². The van der Waals surface area contributed by atoms with Crippen LogP contribution >= 0.6 is 0 Å². The maximum absolute atomic E-state index is 12.3. The number of benzene rings is 1. The molecule has 1 saturated heterocycles. The lowest BCUT2D eigenvalue weighted by Crippen LogP contribution is -2.44. The monoisotopic (exact) mass is 311 g/mol. The summed E-state index contributed by atoms with van der Waals surface area (Å²) < 4.78 is 27.4. The third kappa shape index (κ3) is 3.96. The van der Waals surface area contributed by atoms with Crippen molar-refractivity contribution in [2.45, 2.75) is 43.5 Å². The summed E-state index contributed by atoms with van der Waals surface area (Å²) in [5.74, 6) is 0. The zero-order valence-corrected chi connectivity index (χ0v) is 13.6. The number of nitrogens with one attached hydrogen (secondary N) is 1. The van der Waals surface area contributed by atoms with Gasteiger partial charge in [0.1, 0.15) is 0 Å². The van der Waals surface area contributed by atoms with Crippen LogP contribution in [0.1, 0.15) is 31.7 Å². The molecule has 6 heteroatoms. The average molecular weight is 311 g/mol. The van der Waals surface area contributed by atoms with Gasteiger partial charge in [-0.2, -0.15) is 0 Å². The molecule has 0 saturated carbocycles. The maximum Gasteiger partial charge on any atom is 0.240 e. The van der Waals surface area contributed by atoms with Crippen molar-refractivity contribution in [1.29, 1.82) is 0 Å². The van der Waals surface area contributed by atoms with Gasteiger partial charge in [0.05, 0.1) is 4.90 Å². The molecule has 1 unspecified atom stereocenters. The Kier molecular flexibility index (Phi) is 5.24. The third-order valence-corrected chi connectivity index (χ3v) is 5.66. The molecule has 5 nitrogen and oxygen atoms in total. The van der Waals surface area contributed by atoms with Gasteiger partial charge in [0.15, 0.2) is 0 Å². The van der Waals surface area contributed by atoms with Crippen molar-refractivity contribution in [3.63, 3.8) is 0 Å². The first-order valence-corrected chi connectivity index (χ1v) is 9.00. The molecule has 0 bridgehead atoms. The second-order valence-electron chi connectivity index (χ2n) is 5.70. The van der Waals surface area contributed by atoms with E-state index in [1.54, 1.807) is 18.2 Å². The SMILES string of the molecule is CCc1ccc(S(=O)(=O)NCC2CCCCN2C)cc1N. The first-order chi connectivity index (χ1) is 9.94. The van der Waals surface area contributed by atoms with Gasteiger partial charge >= 0.3 is 0 Å². The summed E-state index contributed by atoms with van der Waals surface area (Å²) in [5, 5.41) is 0. The second kappa shape index (κ2) is 6.77. The molecule has 1 aromatic carbocycles. The summed E-state index contributed by atoms with van der Waals surface area (Å²) in [6, 6.07) is 5.24. The molecule has 1 aliphatic rings. The molecule has 0 radical (unpaired) electrons. The highest BCUT2D eigenvalue weighted by atomic mass is 32.2. The number of likely N-dealkylation sites (N-methyl/N-ethyl adjacent to an activating group) is 1. The van der Waals surface area contributed by atoms with Gasteiger partial charge in [0.25, 0.3) is 0 Å². The van der Waals surface area contributed by atoms with E-state index < -0.39 is 10.0 Å². The zero-order chi connectivity index (χ0) is 15.5. The van der Waals surface area contributed by atoms with Crippen molar-refractivity contribution in [1.82, 2.24) is 9.62 Å². The van der Waals surface area contributed by atoms with E-state index in [4.69, 9.17) is 5.73 Å². The predicted molar refractivity (Wildman–Crippen MR) is 85.7 cm³/mol. The molecule has 2 rings (SSSR count). The Balaban J connectivity index is 2.06. The van der Waals surface area contributed by atoms with Gasteiger partial charge < -0.3 is 10.6 Å². The highest BCUT2D eigenvalue weighted by Gasteiger charge is 2.22. The normalized spacial score (nSPS) is 20.6. The molecule has 0 spiro atoms. The number of sulfonamides is 1. The van der Waals surface area contributed by atoms with Crippen LogP contribution in [-0.4, -0.2) is 39.5 Å². The van der Waals surface area contributed by atoms with Crippen LogP contribution in [0.15, 0.2) is 23.1 Å². The maximum atomic E-state index is 12.3. The van der Waals surface area contributed by atoms with E-state index >= 15 is 0 Å². The molecule has 21 heavy (non-hydrogen) atoms. The first-order valence-electron chi connectivity index (χ1n) is 7.52. The smallest absolute Gasteiger partial charge is 0.240 e. The van der Waals surface area contributed by atoms with Crippen molar-refractivity contribution in [2.24, 2.45) is 0 Å². The molecule has 1 fully saturated rings. The number of rotatable bonds is 5. The van der Waals surface area contributed by atoms with E-state index in [2.05, 4.69) is 9.62 Å². The molecule has 0 amide bonds. The van der Waals surface area contributed by atoms with E-state index in [0.717, 1.165) is 31.4 Å². The summed E-state index contributed by atoms with van der Waals surface area (Å²) in [4.78, 5) is 2.47. The van der Waals surface area contributed by atoms with Gasteiger partial charge in [0.2, 0.25) is 10.0 Å². The average Bonchev–Trinajstić information content (AvgIpc) is 2.46. The fourth-order valence-electron chi connectivity index (χ4n) is 2.75. The number of nitrogens with two attached hydrogens (primary N) is 1. The van der Waals surface area contributed by atoms with Gasteiger partial charge in [-0.15, -0.1) is 0 Å². The number of hydrogen-bond donors (Lipinski definition) is 2. The third-order valence-electron chi connectivity index (χ3n) is 4.24. The minimum Gasteiger partial charge on any atom is -0.398 e. The lowest BCUT2D eigenvalue weighted by molar-refractivity contribution is 0.187. The number of anilines is 1. The molecule has 0 aliphatic carbocycles. The van der Waals surface area contributed by atoms with Crippen LogP contribution in [0.4, 0.5) is 5.69 Å². The lowest BCUT2D eigenvalue weighted by atomic mass is 10.0. The predicted octanol–water partition coefficient (Wildman–Crippen LogP) is 1.59. The van der Waals surface area contributed by atoms with Crippen molar-refractivity contribution in [2.75, 3.05) is 25.9 Å². The number of nitrogen functional groups attached to an aromatic ring is 1. The lowest BCUT2D eigenvalue weighted by Gasteiger charge is -2.32. The van der Waals surface area contributed by atoms with Crippen LogP contribution in [0.2, 0.25) is 0 Å². The van der Waals surface area contributed by atoms with Crippen molar-refractivity contribution < 1.29 is 8.42 Å². The molecule has 1 atom stereocenters. The Hall–Kier alpha value is -1.11. The Labute approximate surface area is 127 Å². The van der Waals surface area contributed by atoms with Crippen LogP contribution in [0.3, 0.4) is 0 Å². The number of piperidine rings is 1. The van der Waals surface area contributed by atoms with Crippen LogP contribution in [-0.2, 0) is 16.4 Å². The quantitative estimate of drug-likeness (QED) is 0.810. The first kappa shape index (κ1) is 16.3. The fraction of sp³-hybridized carbons (Fsp3) is 0.600. The Bertz CT molecular complexity index is 587. The van der Waals surface area contributed by atoms with E-state index in [9.17, 15) is 8.42 Å². The number of likely N-dealkylation sites (tertiary alicyclic amines) is 1. The van der Waals surface area contributed by atoms with Crippen molar-refractivity contribution in [3.05, 3.63) is 23.8 Å². The number of aryl methyl sites for hydroxylation is 1. The summed E-state index contributed by atoms with van der Waals surface area (Å²) in [7, 11) is -1.44. The van der Waals surface area contributed by atoms with Gasteiger partial charge in [-0.05, 0) is 50.6 Å². The standard InChI is InChI=1S/C15H25N3O2S/c1-3-12-7-8-14(10-15(12)16)21(19,20)17-11-13-6-4-5-9-18(13)2/h7-8,10,13,17H,3-6,9,11,16H2,1-2H3. The van der Waals surface area contributed by atoms with Crippen LogP contribution < -0.4 is 10.5 Å². The largest absolute Gasteiger partial charge is 0.398 e. The second-order valence-corrected chi connectivity index (χ2v) is 7.46. The molecular formula is C15H25N3O2S. The minimum atomic E-state index is -3.49. The number of nitrogens with zero attached hydrogens (tertiary/aromatic N) is 1. The highest BCUT2D eigenvalue weighted by molar-refractivity contribution is 7.89. The molecule has 1 heterocycles. The van der Waals surface area contributed by atoms with E-state index in [1.807, 2.05) is 14.0 Å². The molecule has 0 aromatic heterocycles. The molecule has 118 valence electrons. The van der Waals surface area contributed by atoms with E-state index in [0.29, 0.717) is 12.2 Å². The summed E-state index contributed by atoms with van der Waals surface area (Å²) >= 11 is 0. The van der Waals surface area contributed by atoms with E-state index in [1.165, 1.54) is 6.42 Å². The summed E-state index contributed by atoms with van der Waals surface area (Å²) in [6.45, 7) is 3.48. The molecule has 1 aromatic rings. The summed E-state index contributed by atoms with van der Waals surface area (Å²) in [5.41, 5.74) is 7.40. The fourth-order valence-corrected chi connectivity index (χ4v) is 3.86. The Morgan fingerprint density at radius 2 is 2.14 bits per heavy atom. The topological polar surface area (TPSA) is 75.4 Å². The van der Waals surface area contributed by atoms with Crippen LogP contribution in [0.5, 0.6) is 0 Å². The van der Waals surface area contributed by atoms with Gasteiger partial charge in [-0.3, -0.25) is 0 Å². The highest BCUT2D eigenvalue weighted by Crippen LogP contribution is 2.19. The van der Waals surface area contributed by atoms with Gasteiger partial charge in [-0.25, -0.2) is 13.1 Å². The summed E-state index contributed by atoms with van der Waals surface area (Å²) in [6.07, 6.45) is 4.19. The van der Waals surface area contributed by atoms with Crippen molar-refractivity contribution in [3.8, 4) is 0 Å². The molecule has 1 aliphatic heterocycles. The van der Waals surface area contributed by atoms with Crippen molar-refractivity contribution >= 4 is 15.7 Å². The van der Waals surface area contributed by atoms with Gasteiger partial charge in [0, 0.05) is 18.3 Å². The minimum absolute atomic E-state index is 0.246. The number of hydrogen-bond acceptors (Lipinski definition) is 4. The zero-order valence-electron chi connectivity index (χ0n) is 12.8.